The van der Waals surface area contributed by atoms with Crippen molar-refractivity contribution in [2.45, 2.75) is 6.42 Å². The molecule has 0 saturated carbocycles. The van der Waals surface area contributed by atoms with E-state index in [-0.39, 0.29) is 5.91 Å². The van der Waals surface area contributed by atoms with Crippen molar-refractivity contribution in [3.63, 3.8) is 0 Å². The molecule has 0 heterocycles. The van der Waals surface area contributed by atoms with Gasteiger partial charge in [-0.05, 0) is 34.1 Å². The Bertz CT molecular complexity index is 382. The van der Waals surface area contributed by atoms with Crippen LogP contribution in [-0.2, 0) is 4.79 Å². The summed E-state index contributed by atoms with van der Waals surface area (Å²) in [4.78, 5) is 12.9. The minimum absolute atomic E-state index is 0.112. The van der Waals surface area contributed by atoms with Crippen LogP contribution in [0.1, 0.15) is 6.42 Å². The van der Waals surface area contributed by atoms with E-state index in [2.05, 4.69) is 21.2 Å². The van der Waals surface area contributed by atoms with Crippen LogP contribution in [0.4, 0.5) is 5.69 Å². The van der Waals surface area contributed by atoms with Gasteiger partial charge in [-0.15, -0.1) is 0 Å². The molecule has 88 valence electrons. The van der Waals surface area contributed by atoms with Gasteiger partial charge >= 0.3 is 0 Å². The fourth-order valence-electron chi connectivity index (χ4n) is 1.14. The van der Waals surface area contributed by atoms with Crippen LogP contribution in [0.2, 0.25) is 5.02 Å². The molecular formula is C11H14BrClN2O. The molecule has 0 unspecified atom stereocenters. The molecule has 0 bridgehead atoms. The Balaban J connectivity index is 2.43. The molecule has 5 heteroatoms. The highest BCUT2D eigenvalue weighted by Gasteiger charge is 2.03. The summed E-state index contributed by atoms with van der Waals surface area (Å²) in [6.45, 7) is 0.616. The van der Waals surface area contributed by atoms with Crippen LogP contribution >= 0.6 is 27.5 Å². The standard InChI is InChI=1S/C11H14BrClN2O/c1-15(2)11(16)5-6-14-8-3-4-10(13)9(12)7-8/h3-4,7,14H,5-6H2,1-2H3. The second kappa shape index (κ2) is 6.11. The first-order valence-corrected chi connectivity index (χ1v) is 6.07. The number of halogens is 2. The van der Waals surface area contributed by atoms with E-state index in [0.29, 0.717) is 18.0 Å². The van der Waals surface area contributed by atoms with Crippen LogP contribution in [0.3, 0.4) is 0 Å². The molecule has 1 rings (SSSR count). The van der Waals surface area contributed by atoms with Gasteiger partial charge in [-0.1, -0.05) is 11.6 Å². The van der Waals surface area contributed by atoms with Gasteiger partial charge in [0, 0.05) is 37.2 Å². The molecule has 0 spiro atoms. The van der Waals surface area contributed by atoms with Gasteiger partial charge in [0.2, 0.25) is 5.91 Å². The highest BCUT2D eigenvalue weighted by Crippen LogP contribution is 2.25. The zero-order valence-electron chi connectivity index (χ0n) is 9.26. The third-order valence-electron chi connectivity index (χ3n) is 2.09. The molecule has 1 amide bonds. The summed E-state index contributed by atoms with van der Waals surface area (Å²) in [7, 11) is 3.50. The van der Waals surface area contributed by atoms with Crippen LogP contribution in [-0.4, -0.2) is 31.4 Å². The lowest BCUT2D eigenvalue weighted by Gasteiger charge is -2.11. The second-order valence-corrected chi connectivity index (χ2v) is 4.86. The van der Waals surface area contributed by atoms with Gasteiger partial charge in [0.15, 0.2) is 0 Å². The monoisotopic (exact) mass is 304 g/mol. The minimum atomic E-state index is 0.112. The maximum atomic E-state index is 11.3. The first kappa shape index (κ1) is 13.3. The molecular weight excluding hydrogens is 291 g/mol. The third kappa shape index (κ3) is 4.02. The first-order chi connectivity index (χ1) is 7.50. The van der Waals surface area contributed by atoms with E-state index in [9.17, 15) is 4.79 Å². The third-order valence-corrected chi connectivity index (χ3v) is 3.30. The van der Waals surface area contributed by atoms with Crippen LogP contribution in [0.15, 0.2) is 22.7 Å². The molecule has 0 saturated heterocycles. The Morgan fingerprint density at radius 3 is 2.75 bits per heavy atom. The molecule has 0 aromatic heterocycles. The van der Waals surface area contributed by atoms with Gasteiger partial charge in [0.1, 0.15) is 0 Å². The molecule has 0 aliphatic carbocycles. The second-order valence-electron chi connectivity index (χ2n) is 3.59. The van der Waals surface area contributed by atoms with Crippen molar-refractivity contribution < 1.29 is 4.79 Å². The van der Waals surface area contributed by atoms with Crippen LogP contribution in [0.25, 0.3) is 0 Å². The van der Waals surface area contributed by atoms with E-state index < -0.39 is 0 Å². The van der Waals surface area contributed by atoms with Crippen LogP contribution < -0.4 is 5.32 Å². The lowest BCUT2D eigenvalue weighted by atomic mass is 10.3. The summed E-state index contributed by atoms with van der Waals surface area (Å²) < 4.78 is 0.845. The number of rotatable bonds is 4. The van der Waals surface area contributed by atoms with E-state index in [1.54, 1.807) is 19.0 Å². The average Bonchev–Trinajstić information content (AvgIpc) is 2.23. The predicted octanol–water partition coefficient (Wildman–Crippen LogP) is 2.99. The summed E-state index contributed by atoms with van der Waals surface area (Å²) in [6.07, 6.45) is 0.479. The number of carbonyl (C=O) groups is 1. The number of amides is 1. The minimum Gasteiger partial charge on any atom is -0.384 e. The Morgan fingerprint density at radius 1 is 1.50 bits per heavy atom. The predicted molar refractivity (Wildman–Crippen MR) is 71.0 cm³/mol. The SMILES string of the molecule is CN(C)C(=O)CCNc1ccc(Cl)c(Br)c1. The lowest BCUT2D eigenvalue weighted by molar-refractivity contribution is -0.128. The smallest absolute Gasteiger partial charge is 0.223 e. The quantitative estimate of drug-likeness (QED) is 0.927. The summed E-state index contributed by atoms with van der Waals surface area (Å²) in [6, 6.07) is 5.58. The summed E-state index contributed by atoms with van der Waals surface area (Å²) in [5.41, 5.74) is 0.947. The van der Waals surface area contributed by atoms with Gasteiger partial charge in [-0.3, -0.25) is 4.79 Å². The number of nitrogens with zero attached hydrogens (tertiary/aromatic N) is 1. The fraction of sp³-hybridized carbons (Fsp3) is 0.364. The summed E-state index contributed by atoms with van der Waals surface area (Å²) >= 11 is 9.21. The Hall–Kier alpha value is -0.740. The van der Waals surface area contributed by atoms with Gasteiger partial charge in [-0.25, -0.2) is 0 Å². The molecule has 0 atom stereocenters. The van der Waals surface area contributed by atoms with Crippen molar-refractivity contribution in [3.05, 3.63) is 27.7 Å². The maximum absolute atomic E-state index is 11.3. The van der Waals surface area contributed by atoms with E-state index in [1.807, 2.05) is 18.2 Å². The van der Waals surface area contributed by atoms with E-state index >= 15 is 0 Å². The molecule has 0 fully saturated rings. The van der Waals surface area contributed by atoms with Gasteiger partial charge < -0.3 is 10.2 Å². The Kier molecular flexibility index (Phi) is 5.09. The van der Waals surface area contributed by atoms with E-state index in [1.165, 1.54) is 0 Å². The Morgan fingerprint density at radius 2 is 2.19 bits per heavy atom. The van der Waals surface area contributed by atoms with Crippen LogP contribution in [0.5, 0.6) is 0 Å². The molecule has 0 aliphatic rings. The van der Waals surface area contributed by atoms with Crippen LogP contribution in [0, 0.1) is 0 Å². The van der Waals surface area contributed by atoms with E-state index in [0.717, 1.165) is 10.2 Å². The first-order valence-electron chi connectivity index (χ1n) is 4.90. The molecule has 3 nitrogen and oxygen atoms in total. The zero-order chi connectivity index (χ0) is 12.1. The van der Waals surface area contributed by atoms with Crippen molar-refractivity contribution in [2.75, 3.05) is 26.0 Å². The van der Waals surface area contributed by atoms with E-state index in [4.69, 9.17) is 11.6 Å². The average molecular weight is 306 g/mol. The van der Waals surface area contributed by atoms with Crippen molar-refractivity contribution in [1.29, 1.82) is 0 Å². The molecule has 0 aliphatic heterocycles. The molecule has 1 aromatic rings. The highest BCUT2D eigenvalue weighted by molar-refractivity contribution is 9.10. The fourth-order valence-corrected chi connectivity index (χ4v) is 1.64. The van der Waals surface area contributed by atoms with Gasteiger partial charge in [0.25, 0.3) is 0 Å². The summed E-state index contributed by atoms with van der Waals surface area (Å²) in [5.74, 6) is 0.112. The largest absolute Gasteiger partial charge is 0.384 e. The topological polar surface area (TPSA) is 32.3 Å². The number of nitrogens with one attached hydrogen (secondary N) is 1. The number of benzene rings is 1. The normalized spacial score (nSPS) is 10.0. The number of anilines is 1. The van der Waals surface area contributed by atoms with Crippen molar-refractivity contribution >= 4 is 39.1 Å². The zero-order valence-corrected chi connectivity index (χ0v) is 11.6. The molecule has 1 aromatic carbocycles. The molecule has 0 radical (unpaired) electrons. The molecule has 16 heavy (non-hydrogen) atoms. The molecule has 1 N–H and O–H groups in total. The van der Waals surface area contributed by atoms with Crippen molar-refractivity contribution in [2.24, 2.45) is 0 Å². The number of hydrogen-bond acceptors (Lipinski definition) is 2. The van der Waals surface area contributed by atoms with Crippen molar-refractivity contribution in [3.8, 4) is 0 Å². The number of carbonyl (C=O) groups excluding carboxylic acids is 1. The van der Waals surface area contributed by atoms with Gasteiger partial charge in [-0.2, -0.15) is 0 Å². The Labute approximate surface area is 109 Å². The lowest BCUT2D eigenvalue weighted by Crippen LogP contribution is -2.23. The maximum Gasteiger partial charge on any atom is 0.223 e. The summed E-state index contributed by atoms with van der Waals surface area (Å²) in [5, 5.41) is 3.84. The van der Waals surface area contributed by atoms with Gasteiger partial charge in [0.05, 0.1) is 5.02 Å². The number of hydrogen-bond donors (Lipinski definition) is 1. The van der Waals surface area contributed by atoms with Crippen molar-refractivity contribution in [1.82, 2.24) is 4.90 Å². The highest BCUT2D eigenvalue weighted by atomic mass is 79.9.